The van der Waals surface area contributed by atoms with E-state index in [0.717, 1.165) is 55.3 Å². The number of likely N-dealkylation sites (tertiary alicyclic amines) is 1. The van der Waals surface area contributed by atoms with Gasteiger partial charge in [-0.05, 0) is 49.2 Å². The van der Waals surface area contributed by atoms with E-state index in [-0.39, 0.29) is 10.9 Å². The molecule has 164 valence electrons. The molecule has 31 heavy (non-hydrogen) atoms. The number of nitrogens with one attached hydrogen (secondary N) is 1. The molecule has 0 saturated carbocycles. The number of fused-ring (bicyclic) bond motifs is 1. The zero-order valence-electron chi connectivity index (χ0n) is 16.9. The molecule has 3 aromatic rings. The summed E-state index contributed by atoms with van der Waals surface area (Å²) in [6, 6.07) is 5.46. The number of aryl methyl sites for hydroxylation is 1. The zero-order chi connectivity index (χ0) is 21.4. The van der Waals surface area contributed by atoms with Crippen molar-refractivity contribution < 1.29 is 18.0 Å². The van der Waals surface area contributed by atoms with Crippen LogP contribution in [0.15, 0.2) is 33.9 Å². The van der Waals surface area contributed by atoms with Crippen LogP contribution in [-0.4, -0.2) is 48.6 Å². The lowest BCUT2D eigenvalue weighted by molar-refractivity contribution is 0.106. The van der Waals surface area contributed by atoms with E-state index in [1.54, 1.807) is 12.1 Å². The molecule has 10 nitrogen and oxygen atoms in total. The molecule has 2 unspecified atom stereocenters. The first-order valence-corrected chi connectivity index (χ1v) is 12.4. The van der Waals surface area contributed by atoms with Gasteiger partial charge in [0.15, 0.2) is 5.82 Å². The predicted octanol–water partition coefficient (Wildman–Crippen LogP) is 3.29. The van der Waals surface area contributed by atoms with Gasteiger partial charge < -0.3 is 9.26 Å². The van der Waals surface area contributed by atoms with Gasteiger partial charge in [-0.25, -0.2) is 4.98 Å². The summed E-state index contributed by atoms with van der Waals surface area (Å²) in [6.07, 6.45) is 4.14. The van der Waals surface area contributed by atoms with Crippen molar-refractivity contribution in [2.45, 2.75) is 43.0 Å². The molecule has 4 heterocycles. The van der Waals surface area contributed by atoms with Crippen LogP contribution in [-0.2, 0) is 14.6 Å². The number of benzene rings is 1. The van der Waals surface area contributed by atoms with Gasteiger partial charge in [0.05, 0.1) is 6.61 Å². The molecular formula is C19H23N6O4S2+. The topological polar surface area (TPSA) is 126 Å². The van der Waals surface area contributed by atoms with Gasteiger partial charge in [0, 0.05) is 41.5 Å². The Labute approximate surface area is 184 Å². The van der Waals surface area contributed by atoms with Crippen LogP contribution in [0.5, 0.6) is 5.75 Å². The molecule has 2 N–H and O–H groups in total. The Hall–Kier alpha value is -2.41. The number of piperidine rings is 1. The van der Waals surface area contributed by atoms with Crippen LogP contribution in [0.2, 0.25) is 0 Å². The highest BCUT2D eigenvalue weighted by atomic mass is 32.3. The highest BCUT2D eigenvalue weighted by Crippen LogP contribution is 2.40. The lowest BCUT2D eigenvalue weighted by atomic mass is 9.92. The molecule has 2 aliphatic rings. The van der Waals surface area contributed by atoms with Crippen LogP contribution in [0, 0.1) is 6.92 Å². The van der Waals surface area contributed by atoms with Crippen LogP contribution in [0.4, 0.5) is 5.13 Å². The van der Waals surface area contributed by atoms with Gasteiger partial charge in [-0.15, -0.1) is 4.72 Å². The fourth-order valence-electron chi connectivity index (χ4n) is 4.23. The van der Waals surface area contributed by atoms with E-state index < -0.39 is 10.4 Å². The van der Waals surface area contributed by atoms with Crippen LogP contribution in [0.3, 0.4) is 0 Å². The van der Waals surface area contributed by atoms with Gasteiger partial charge in [0.2, 0.25) is 15.9 Å². The summed E-state index contributed by atoms with van der Waals surface area (Å²) >= 11 is 1.03. The van der Waals surface area contributed by atoms with Crippen molar-refractivity contribution in [3.05, 3.63) is 41.8 Å². The second kappa shape index (κ2) is 8.26. The lowest BCUT2D eigenvalue weighted by Gasteiger charge is -2.39. The molecule has 0 amide bonds. The summed E-state index contributed by atoms with van der Waals surface area (Å²) < 4.78 is 40.9. The number of hydrogen-bond donors (Lipinski definition) is 2. The van der Waals surface area contributed by atoms with Crippen molar-refractivity contribution in [2.24, 2.45) is 0 Å². The first kappa shape index (κ1) is 20.5. The molecule has 0 spiro atoms. The Morgan fingerprint density at radius 2 is 2.13 bits per heavy atom. The van der Waals surface area contributed by atoms with Crippen molar-refractivity contribution in [3.8, 4) is 5.75 Å². The summed E-state index contributed by atoms with van der Waals surface area (Å²) in [5.74, 6) is 2.36. The first-order chi connectivity index (χ1) is 15.0. The summed E-state index contributed by atoms with van der Waals surface area (Å²) in [5.41, 5.74) is 1.05. The van der Waals surface area contributed by atoms with Crippen molar-refractivity contribution in [1.29, 1.82) is 0 Å². The summed E-state index contributed by atoms with van der Waals surface area (Å²) in [4.78, 5) is 11.0. The Morgan fingerprint density at radius 1 is 1.29 bits per heavy atom. The van der Waals surface area contributed by atoms with Gasteiger partial charge in [0.1, 0.15) is 12.1 Å². The maximum atomic E-state index is 12.8. The van der Waals surface area contributed by atoms with Gasteiger partial charge in [0.25, 0.3) is 0 Å². The number of rotatable bonds is 5. The SMILES string of the molecule is Cc1noc(C2CCN(C3CCOc4cc([S+](=O)(O)Nc5ncns5)ccc43)CC2)n1. The zero-order valence-corrected chi connectivity index (χ0v) is 18.6. The summed E-state index contributed by atoms with van der Waals surface area (Å²) in [7, 11) is -3.50. The van der Waals surface area contributed by atoms with E-state index in [1.807, 2.05) is 13.0 Å². The maximum absolute atomic E-state index is 12.8. The molecule has 2 aromatic heterocycles. The Bertz CT molecular complexity index is 1100. The third-order valence-electron chi connectivity index (χ3n) is 5.76. The van der Waals surface area contributed by atoms with Gasteiger partial charge in [-0.3, -0.25) is 4.90 Å². The number of anilines is 1. The normalized spacial score (nSPS) is 21.8. The second-order valence-corrected chi connectivity index (χ2v) is 10.2. The molecule has 1 fully saturated rings. The largest absolute Gasteiger partial charge is 0.493 e. The van der Waals surface area contributed by atoms with Crippen molar-refractivity contribution in [3.63, 3.8) is 0 Å². The maximum Gasteiger partial charge on any atom is 0.348 e. The smallest absolute Gasteiger partial charge is 0.348 e. The number of ether oxygens (including phenoxy) is 1. The van der Waals surface area contributed by atoms with Crippen LogP contribution in [0.1, 0.15) is 48.5 Å². The van der Waals surface area contributed by atoms with E-state index in [2.05, 4.69) is 29.1 Å². The molecular weight excluding hydrogens is 440 g/mol. The predicted molar refractivity (Wildman–Crippen MR) is 114 cm³/mol. The van der Waals surface area contributed by atoms with Crippen LogP contribution in [0.25, 0.3) is 0 Å². The Kier molecular flexibility index (Phi) is 5.46. The van der Waals surface area contributed by atoms with Crippen molar-refractivity contribution >= 4 is 27.1 Å². The molecule has 2 atom stereocenters. The highest BCUT2D eigenvalue weighted by Gasteiger charge is 2.36. The Balaban J connectivity index is 1.31. The minimum Gasteiger partial charge on any atom is -0.493 e. The van der Waals surface area contributed by atoms with E-state index in [1.165, 1.54) is 6.33 Å². The fraction of sp³-hybridized carbons (Fsp3) is 0.474. The molecule has 0 bridgehead atoms. The van der Waals surface area contributed by atoms with E-state index >= 15 is 0 Å². The highest BCUT2D eigenvalue weighted by molar-refractivity contribution is 7.99. The molecule has 5 rings (SSSR count). The fourth-order valence-corrected chi connectivity index (χ4v) is 5.94. The molecule has 1 saturated heterocycles. The van der Waals surface area contributed by atoms with E-state index in [4.69, 9.17) is 9.26 Å². The van der Waals surface area contributed by atoms with Gasteiger partial charge in [-0.2, -0.15) is 13.9 Å². The quantitative estimate of drug-likeness (QED) is 0.548. The minimum absolute atomic E-state index is 0.217. The van der Waals surface area contributed by atoms with Gasteiger partial charge in [-0.1, -0.05) is 5.16 Å². The molecule has 0 radical (unpaired) electrons. The van der Waals surface area contributed by atoms with E-state index in [9.17, 15) is 8.76 Å². The molecule has 2 aliphatic heterocycles. The lowest BCUT2D eigenvalue weighted by Crippen LogP contribution is -2.38. The standard InChI is InChI=1S/C19H22N6O4S2/c1-12-22-18(29-23-12)13-4-7-25(8-5-13)16-6-9-28-17-10-14(2-3-15(16)17)31(26,27)24-19-20-11-21-30-19/h2-3,10-11,13,16H,4-9H2,1H3,(H-,20,21,24,26,27)/p+1. The third kappa shape index (κ3) is 4.20. The summed E-state index contributed by atoms with van der Waals surface area (Å²) in [6.45, 7) is 4.25. The third-order valence-corrected chi connectivity index (χ3v) is 7.83. The molecule has 1 aromatic carbocycles. The van der Waals surface area contributed by atoms with Gasteiger partial charge >= 0.3 is 10.4 Å². The van der Waals surface area contributed by atoms with Crippen molar-refractivity contribution in [2.75, 3.05) is 24.4 Å². The number of nitrogens with zero attached hydrogens (tertiary/aromatic N) is 5. The summed E-state index contributed by atoms with van der Waals surface area (Å²) in [5, 5.41) is 4.20. The van der Waals surface area contributed by atoms with Crippen molar-refractivity contribution in [1.82, 2.24) is 24.4 Å². The van der Waals surface area contributed by atoms with E-state index in [0.29, 0.717) is 29.2 Å². The monoisotopic (exact) mass is 463 g/mol. The second-order valence-electron chi connectivity index (χ2n) is 7.72. The minimum atomic E-state index is -3.50. The average molecular weight is 464 g/mol. The Morgan fingerprint density at radius 3 is 2.84 bits per heavy atom. The molecule has 12 heteroatoms. The van der Waals surface area contributed by atoms with Crippen LogP contribution >= 0.6 is 11.5 Å². The molecule has 0 aliphatic carbocycles. The number of aromatic nitrogens is 4. The first-order valence-electron chi connectivity index (χ1n) is 10.1. The number of hydrogen-bond acceptors (Lipinski definition) is 9. The van der Waals surface area contributed by atoms with Crippen LogP contribution < -0.4 is 9.46 Å². The average Bonchev–Trinajstić information content (AvgIpc) is 3.44.